The highest BCUT2D eigenvalue weighted by Gasteiger charge is 2.27. The number of rotatable bonds is 12. The molecule has 0 nitrogen and oxygen atoms in total. The molecule has 0 amide bonds. The van der Waals surface area contributed by atoms with Crippen LogP contribution in [0.1, 0.15) is 115 Å². The van der Waals surface area contributed by atoms with E-state index in [4.69, 9.17) is 0 Å². The molecular formula is C30H44F2. The van der Waals surface area contributed by atoms with Gasteiger partial charge in [-0.3, -0.25) is 0 Å². The first kappa shape index (κ1) is 25.2. The van der Waals surface area contributed by atoms with E-state index in [-0.39, 0.29) is 0 Å². The van der Waals surface area contributed by atoms with Crippen LogP contribution in [0.3, 0.4) is 0 Å². The second-order valence-corrected chi connectivity index (χ2v) is 10.3. The molecule has 0 aliphatic heterocycles. The van der Waals surface area contributed by atoms with Crippen molar-refractivity contribution in [2.75, 3.05) is 0 Å². The maximum absolute atomic E-state index is 14.7. The average Bonchev–Trinajstić information content (AvgIpc) is 2.83. The van der Waals surface area contributed by atoms with E-state index in [9.17, 15) is 8.78 Å². The summed E-state index contributed by atoms with van der Waals surface area (Å²) >= 11 is 0. The van der Waals surface area contributed by atoms with E-state index in [1.807, 2.05) is 6.08 Å². The minimum Gasteiger partial charge on any atom is -0.203 e. The largest absolute Gasteiger partial charge is 0.203 e. The average molecular weight is 443 g/mol. The Hall–Kier alpha value is -1.44. The predicted molar refractivity (Wildman–Crippen MR) is 134 cm³/mol. The molecule has 0 saturated heterocycles. The lowest BCUT2D eigenvalue weighted by Gasteiger charge is -2.33. The number of halogens is 2. The lowest BCUT2D eigenvalue weighted by molar-refractivity contribution is 0.218. The molecule has 1 unspecified atom stereocenters. The van der Waals surface area contributed by atoms with Crippen molar-refractivity contribution in [2.45, 2.75) is 110 Å². The van der Waals surface area contributed by atoms with Crippen molar-refractivity contribution in [2.24, 2.45) is 17.8 Å². The van der Waals surface area contributed by atoms with E-state index in [1.54, 1.807) is 12.1 Å². The Balaban J connectivity index is 1.44. The molecule has 3 rings (SSSR count). The lowest BCUT2D eigenvalue weighted by Crippen LogP contribution is -2.21. The van der Waals surface area contributed by atoms with Crippen molar-refractivity contribution in [3.63, 3.8) is 0 Å². The number of unbranched alkanes of at least 4 members (excludes halogenated alkanes) is 6. The monoisotopic (exact) mass is 442 g/mol. The van der Waals surface area contributed by atoms with Crippen LogP contribution < -0.4 is 0 Å². The predicted octanol–water partition coefficient (Wildman–Crippen LogP) is 9.82. The van der Waals surface area contributed by atoms with Gasteiger partial charge in [0.25, 0.3) is 0 Å². The second kappa shape index (κ2) is 13.3. The van der Waals surface area contributed by atoms with E-state index in [0.717, 1.165) is 36.7 Å². The van der Waals surface area contributed by atoms with E-state index in [1.165, 1.54) is 70.6 Å². The number of hydrogen-bond acceptors (Lipinski definition) is 0. The molecule has 178 valence electrons. The molecule has 2 heteroatoms. The van der Waals surface area contributed by atoms with Gasteiger partial charge in [-0.2, -0.15) is 0 Å². The fourth-order valence-corrected chi connectivity index (χ4v) is 5.68. The summed E-state index contributed by atoms with van der Waals surface area (Å²) in [7, 11) is 0. The van der Waals surface area contributed by atoms with Gasteiger partial charge in [-0.05, 0) is 61.0 Å². The fraction of sp³-hybridized carbons (Fsp3) is 0.667. The van der Waals surface area contributed by atoms with Gasteiger partial charge >= 0.3 is 0 Å². The van der Waals surface area contributed by atoms with Crippen molar-refractivity contribution in [3.05, 3.63) is 53.1 Å². The van der Waals surface area contributed by atoms with Gasteiger partial charge in [0, 0.05) is 5.56 Å². The van der Waals surface area contributed by atoms with Gasteiger partial charge in [0.2, 0.25) is 0 Å². The van der Waals surface area contributed by atoms with Gasteiger partial charge < -0.3 is 0 Å². The van der Waals surface area contributed by atoms with Crippen molar-refractivity contribution < 1.29 is 8.78 Å². The molecule has 2 aliphatic rings. The SMILES string of the molecule is CCCCCCCCC1CCC(C2C=CC(c3ccc(CCCC)c(F)c3F)=CC2)CC1. The van der Waals surface area contributed by atoms with Crippen molar-refractivity contribution in [1.29, 1.82) is 0 Å². The summed E-state index contributed by atoms with van der Waals surface area (Å²) < 4.78 is 29.2. The van der Waals surface area contributed by atoms with Crippen LogP contribution in [-0.2, 0) is 6.42 Å². The molecule has 1 aromatic rings. The molecule has 2 aliphatic carbocycles. The van der Waals surface area contributed by atoms with Gasteiger partial charge in [-0.1, -0.05) is 108 Å². The van der Waals surface area contributed by atoms with Crippen LogP contribution in [0.5, 0.6) is 0 Å². The maximum Gasteiger partial charge on any atom is 0.166 e. The first-order valence-corrected chi connectivity index (χ1v) is 13.5. The van der Waals surface area contributed by atoms with Crippen LogP contribution in [0.15, 0.2) is 30.4 Å². The van der Waals surface area contributed by atoms with Gasteiger partial charge in [-0.25, -0.2) is 8.78 Å². The smallest absolute Gasteiger partial charge is 0.166 e. The molecule has 0 N–H and O–H groups in total. The van der Waals surface area contributed by atoms with Gasteiger partial charge in [0.15, 0.2) is 11.6 Å². The molecule has 0 heterocycles. The second-order valence-electron chi connectivity index (χ2n) is 10.3. The van der Waals surface area contributed by atoms with Crippen molar-refractivity contribution in [3.8, 4) is 0 Å². The summed E-state index contributed by atoms with van der Waals surface area (Å²) in [5.74, 6) is 0.909. The molecule has 0 bridgehead atoms. The molecule has 1 atom stereocenters. The van der Waals surface area contributed by atoms with E-state index >= 15 is 0 Å². The molecule has 0 radical (unpaired) electrons. The highest BCUT2D eigenvalue weighted by Crippen LogP contribution is 2.40. The van der Waals surface area contributed by atoms with Gasteiger partial charge in [0.1, 0.15) is 0 Å². The van der Waals surface area contributed by atoms with Crippen LogP contribution in [0.25, 0.3) is 5.57 Å². The van der Waals surface area contributed by atoms with Crippen LogP contribution in [-0.4, -0.2) is 0 Å². The van der Waals surface area contributed by atoms with Gasteiger partial charge in [-0.15, -0.1) is 0 Å². The molecule has 32 heavy (non-hydrogen) atoms. The number of benzene rings is 1. The van der Waals surface area contributed by atoms with Crippen LogP contribution in [0.2, 0.25) is 0 Å². The highest BCUT2D eigenvalue weighted by atomic mass is 19.2. The lowest BCUT2D eigenvalue weighted by atomic mass is 9.72. The zero-order chi connectivity index (χ0) is 22.8. The normalized spacial score (nSPS) is 23.4. The molecule has 1 saturated carbocycles. The summed E-state index contributed by atoms with van der Waals surface area (Å²) in [4.78, 5) is 0. The third kappa shape index (κ3) is 7.03. The van der Waals surface area contributed by atoms with Crippen molar-refractivity contribution in [1.82, 2.24) is 0 Å². The fourth-order valence-electron chi connectivity index (χ4n) is 5.68. The topological polar surface area (TPSA) is 0 Å². The maximum atomic E-state index is 14.7. The number of aryl methyl sites for hydroxylation is 1. The molecule has 1 aromatic carbocycles. The Morgan fingerprint density at radius 3 is 2.22 bits per heavy atom. The standard InChI is InChI=1S/C30H44F2/c1-3-5-7-8-9-10-11-23-13-15-24(16-14-23)25-17-19-26(20-18-25)28-22-21-27(12-6-4-2)29(31)30(28)32/h17,19-25H,3-16,18H2,1-2H3. The van der Waals surface area contributed by atoms with Crippen LogP contribution in [0, 0.1) is 29.4 Å². The minimum atomic E-state index is -0.678. The summed E-state index contributed by atoms with van der Waals surface area (Å²) in [6.07, 6.45) is 25.1. The van der Waals surface area contributed by atoms with Crippen LogP contribution >= 0.6 is 0 Å². The van der Waals surface area contributed by atoms with Crippen LogP contribution in [0.4, 0.5) is 8.78 Å². The third-order valence-electron chi connectivity index (χ3n) is 7.87. The zero-order valence-electron chi connectivity index (χ0n) is 20.5. The third-order valence-corrected chi connectivity index (χ3v) is 7.87. The summed E-state index contributed by atoms with van der Waals surface area (Å²) in [6, 6.07) is 3.54. The van der Waals surface area contributed by atoms with E-state index < -0.39 is 11.6 Å². The quantitative estimate of drug-likeness (QED) is 0.282. The molecule has 0 aromatic heterocycles. The summed E-state index contributed by atoms with van der Waals surface area (Å²) in [5, 5.41) is 0. The van der Waals surface area contributed by atoms with Crippen molar-refractivity contribution >= 4 is 5.57 Å². The Kier molecular flexibility index (Phi) is 10.5. The Bertz CT molecular complexity index is 752. The molecule has 1 fully saturated rings. The van der Waals surface area contributed by atoms with Gasteiger partial charge in [0.05, 0.1) is 0 Å². The van der Waals surface area contributed by atoms with E-state index in [2.05, 4.69) is 26.0 Å². The zero-order valence-corrected chi connectivity index (χ0v) is 20.5. The Morgan fingerprint density at radius 1 is 0.812 bits per heavy atom. The van der Waals surface area contributed by atoms with E-state index in [0.29, 0.717) is 23.5 Å². The molecular weight excluding hydrogens is 398 g/mol. The Labute approximate surface area is 195 Å². The first-order chi connectivity index (χ1) is 15.6. The first-order valence-electron chi connectivity index (χ1n) is 13.5. The number of hydrogen-bond donors (Lipinski definition) is 0. The molecule has 0 spiro atoms. The summed E-state index contributed by atoms with van der Waals surface area (Å²) in [6.45, 7) is 4.35. The number of allylic oxidation sites excluding steroid dienone is 4. The Morgan fingerprint density at radius 2 is 1.53 bits per heavy atom. The summed E-state index contributed by atoms with van der Waals surface area (Å²) in [5.41, 5.74) is 1.76. The minimum absolute atomic E-state index is 0.417. The highest BCUT2D eigenvalue weighted by molar-refractivity contribution is 5.75.